The Bertz CT molecular complexity index is 354. The minimum Gasteiger partial charge on any atom is -0.494 e. The van der Waals surface area contributed by atoms with E-state index in [-0.39, 0.29) is 5.78 Å². The second-order valence-corrected chi connectivity index (χ2v) is 3.90. The average molecular weight is 206 g/mol. The third kappa shape index (κ3) is 2.82. The number of hydrogen-bond acceptors (Lipinski definition) is 2. The maximum atomic E-state index is 11.2. The van der Waals surface area contributed by atoms with Crippen molar-refractivity contribution in [3.63, 3.8) is 0 Å². The lowest BCUT2D eigenvalue weighted by atomic mass is 9.99. The first-order valence-electron chi connectivity index (χ1n) is 5.34. The van der Waals surface area contributed by atoms with Crippen LogP contribution in [0.4, 0.5) is 0 Å². The van der Waals surface area contributed by atoms with Crippen molar-refractivity contribution in [3.05, 3.63) is 29.3 Å². The van der Waals surface area contributed by atoms with E-state index >= 15 is 0 Å². The summed E-state index contributed by atoms with van der Waals surface area (Å²) in [4.78, 5) is 11.2. The van der Waals surface area contributed by atoms with Crippen LogP contribution in [0, 0.1) is 0 Å². The number of ketones is 1. The Morgan fingerprint density at radius 2 is 2.07 bits per heavy atom. The van der Waals surface area contributed by atoms with Gasteiger partial charge in [-0.3, -0.25) is 4.79 Å². The molecule has 0 bridgehead atoms. The Morgan fingerprint density at radius 1 is 1.40 bits per heavy atom. The molecule has 82 valence electrons. The minimum atomic E-state index is 0.0752. The fraction of sp³-hybridized carbons (Fsp3) is 0.462. The largest absolute Gasteiger partial charge is 0.494 e. The molecule has 1 rings (SSSR count). The number of Topliss-reactive ketones (excluding diaryl/α,β-unsaturated/α-hetero) is 1. The van der Waals surface area contributed by atoms with Gasteiger partial charge in [0.1, 0.15) is 5.75 Å². The van der Waals surface area contributed by atoms with E-state index in [2.05, 4.69) is 13.8 Å². The Morgan fingerprint density at radius 3 is 2.53 bits per heavy atom. The molecule has 0 amide bonds. The summed E-state index contributed by atoms with van der Waals surface area (Å²) in [7, 11) is 0. The van der Waals surface area contributed by atoms with Gasteiger partial charge >= 0.3 is 0 Å². The summed E-state index contributed by atoms with van der Waals surface area (Å²) in [6.07, 6.45) is 0. The van der Waals surface area contributed by atoms with Crippen molar-refractivity contribution in [3.8, 4) is 5.75 Å². The van der Waals surface area contributed by atoms with Crippen molar-refractivity contribution in [1.29, 1.82) is 0 Å². The second-order valence-electron chi connectivity index (χ2n) is 3.90. The van der Waals surface area contributed by atoms with Crippen molar-refractivity contribution in [1.82, 2.24) is 0 Å². The predicted octanol–water partition coefficient (Wildman–Crippen LogP) is 3.41. The molecular formula is C13H18O2. The predicted molar refractivity (Wildman–Crippen MR) is 61.7 cm³/mol. The maximum Gasteiger partial charge on any atom is 0.159 e. The number of ether oxygens (including phenoxy) is 1. The van der Waals surface area contributed by atoms with Crippen LogP contribution in [0.25, 0.3) is 0 Å². The van der Waals surface area contributed by atoms with E-state index in [0.29, 0.717) is 18.1 Å². The maximum absolute atomic E-state index is 11.2. The Hall–Kier alpha value is -1.31. The number of carbonyl (C=O) groups is 1. The quantitative estimate of drug-likeness (QED) is 0.706. The molecule has 0 unspecified atom stereocenters. The smallest absolute Gasteiger partial charge is 0.159 e. The van der Waals surface area contributed by atoms with Crippen molar-refractivity contribution in [2.75, 3.05) is 6.61 Å². The van der Waals surface area contributed by atoms with Gasteiger partial charge in [-0.2, -0.15) is 0 Å². The molecule has 2 nitrogen and oxygen atoms in total. The molecule has 0 N–H and O–H groups in total. The van der Waals surface area contributed by atoms with Gasteiger partial charge in [-0.1, -0.05) is 26.0 Å². The molecule has 1 aromatic carbocycles. The van der Waals surface area contributed by atoms with E-state index in [4.69, 9.17) is 4.74 Å². The molecule has 2 heteroatoms. The number of rotatable bonds is 4. The molecule has 0 saturated carbocycles. The van der Waals surface area contributed by atoms with Crippen LogP contribution in [0.3, 0.4) is 0 Å². The summed E-state index contributed by atoms with van der Waals surface area (Å²) >= 11 is 0. The summed E-state index contributed by atoms with van der Waals surface area (Å²) in [5.74, 6) is 1.32. The van der Waals surface area contributed by atoms with Gasteiger partial charge in [0.25, 0.3) is 0 Å². The Labute approximate surface area is 91.3 Å². The molecule has 0 saturated heterocycles. The van der Waals surface area contributed by atoms with Crippen molar-refractivity contribution >= 4 is 5.78 Å². The highest BCUT2D eigenvalue weighted by atomic mass is 16.5. The molecule has 0 heterocycles. The van der Waals surface area contributed by atoms with E-state index < -0.39 is 0 Å². The first kappa shape index (κ1) is 11.8. The second kappa shape index (κ2) is 4.96. The summed E-state index contributed by atoms with van der Waals surface area (Å²) < 4.78 is 5.54. The lowest BCUT2D eigenvalue weighted by Crippen LogP contribution is -2.01. The van der Waals surface area contributed by atoms with Crippen molar-refractivity contribution in [2.24, 2.45) is 0 Å². The topological polar surface area (TPSA) is 26.3 Å². The molecule has 15 heavy (non-hydrogen) atoms. The molecule has 0 radical (unpaired) electrons. The zero-order valence-corrected chi connectivity index (χ0v) is 9.83. The highest BCUT2D eigenvalue weighted by Crippen LogP contribution is 2.27. The third-order valence-electron chi connectivity index (χ3n) is 2.34. The fourth-order valence-corrected chi connectivity index (χ4v) is 1.51. The average Bonchev–Trinajstić information content (AvgIpc) is 2.17. The van der Waals surface area contributed by atoms with Crippen LogP contribution in [-0.2, 0) is 0 Å². The standard InChI is InChI=1S/C13H18O2/c1-5-15-13-8-11(10(4)14)6-7-12(13)9(2)3/h6-9H,5H2,1-4H3. The zero-order valence-electron chi connectivity index (χ0n) is 9.83. The fourth-order valence-electron chi connectivity index (χ4n) is 1.51. The Kier molecular flexibility index (Phi) is 3.89. The molecule has 0 atom stereocenters. The molecule has 0 aliphatic rings. The molecule has 0 aromatic heterocycles. The van der Waals surface area contributed by atoms with Crippen LogP contribution in [0.15, 0.2) is 18.2 Å². The SMILES string of the molecule is CCOc1cc(C(C)=O)ccc1C(C)C. The first-order valence-corrected chi connectivity index (χ1v) is 5.34. The van der Waals surface area contributed by atoms with Crippen molar-refractivity contribution in [2.45, 2.75) is 33.6 Å². The lowest BCUT2D eigenvalue weighted by molar-refractivity contribution is 0.101. The van der Waals surface area contributed by atoms with Gasteiger partial charge in [0.15, 0.2) is 5.78 Å². The van der Waals surface area contributed by atoms with E-state index in [1.165, 1.54) is 0 Å². The minimum absolute atomic E-state index is 0.0752. The van der Waals surface area contributed by atoms with Crippen molar-refractivity contribution < 1.29 is 9.53 Å². The van der Waals surface area contributed by atoms with Crippen LogP contribution < -0.4 is 4.74 Å². The molecule has 0 fully saturated rings. The highest BCUT2D eigenvalue weighted by Gasteiger charge is 2.10. The zero-order chi connectivity index (χ0) is 11.4. The van der Waals surface area contributed by atoms with E-state index in [0.717, 1.165) is 11.3 Å². The summed E-state index contributed by atoms with van der Waals surface area (Å²) in [5.41, 5.74) is 1.87. The van der Waals surface area contributed by atoms with Crippen LogP contribution in [-0.4, -0.2) is 12.4 Å². The summed E-state index contributed by atoms with van der Waals surface area (Å²) in [6.45, 7) is 8.38. The normalized spacial score (nSPS) is 10.5. The first-order chi connectivity index (χ1) is 7.06. The van der Waals surface area contributed by atoms with Crippen LogP contribution in [0.5, 0.6) is 5.75 Å². The molecule has 1 aromatic rings. The lowest BCUT2D eigenvalue weighted by Gasteiger charge is -2.13. The van der Waals surface area contributed by atoms with Crippen LogP contribution in [0.1, 0.15) is 49.5 Å². The summed E-state index contributed by atoms with van der Waals surface area (Å²) in [5, 5.41) is 0. The van der Waals surface area contributed by atoms with Gasteiger partial charge in [0, 0.05) is 5.56 Å². The molecule has 0 aliphatic heterocycles. The molecular weight excluding hydrogens is 188 g/mol. The van der Waals surface area contributed by atoms with Gasteiger partial charge < -0.3 is 4.74 Å². The van der Waals surface area contributed by atoms with Crippen LogP contribution in [0.2, 0.25) is 0 Å². The Balaban J connectivity index is 3.14. The highest BCUT2D eigenvalue weighted by molar-refractivity contribution is 5.94. The van der Waals surface area contributed by atoms with Gasteiger partial charge in [0.05, 0.1) is 6.61 Å². The van der Waals surface area contributed by atoms with E-state index in [1.807, 2.05) is 25.1 Å². The number of hydrogen-bond donors (Lipinski definition) is 0. The van der Waals surface area contributed by atoms with Gasteiger partial charge in [0.2, 0.25) is 0 Å². The van der Waals surface area contributed by atoms with Gasteiger partial charge in [-0.05, 0) is 31.4 Å². The van der Waals surface area contributed by atoms with Crippen LogP contribution >= 0.6 is 0 Å². The molecule has 0 spiro atoms. The van der Waals surface area contributed by atoms with E-state index in [1.54, 1.807) is 6.92 Å². The van der Waals surface area contributed by atoms with Gasteiger partial charge in [-0.25, -0.2) is 0 Å². The monoisotopic (exact) mass is 206 g/mol. The molecule has 0 aliphatic carbocycles. The van der Waals surface area contributed by atoms with Gasteiger partial charge in [-0.15, -0.1) is 0 Å². The third-order valence-corrected chi connectivity index (χ3v) is 2.34. The number of carbonyl (C=O) groups excluding carboxylic acids is 1. The summed E-state index contributed by atoms with van der Waals surface area (Å²) in [6, 6.07) is 5.67. The number of benzene rings is 1. The van der Waals surface area contributed by atoms with E-state index in [9.17, 15) is 4.79 Å².